The van der Waals surface area contributed by atoms with Gasteiger partial charge in [-0.05, 0) is 26.7 Å². The quantitative estimate of drug-likeness (QED) is 0.403. The number of rotatable bonds is 4. The van der Waals surface area contributed by atoms with E-state index in [0.29, 0.717) is 19.0 Å². The molecule has 0 saturated heterocycles. The van der Waals surface area contributed by atoms with Crippen LogP contribution < -0.4 is 10.6 Å². The summed E-state index contributed by atoms with van der Waals surface area (Å²) >= 11 is 0. The number of hydrogen-bond donors (Lipinski definition) is 3. The molecule has 0 amide bonds. The van der Waals surface area contributed by atoms with Crippen LogP contribution in [0.3, 0.4) is 0 Å². The Labute approximate surface area is 142 Å². The largest absolute Gasteiger partial charge is 0.388 e. The van der Waals surface area contributed by atoms with E-state index in [1.807, 2.05) is 13.8 Å². The van der Waals surface area contributed by atoms with Gasteiger partial charge in [-0.15, -0.1) is 24.0 Å². The van der Waals surface area contributed by atoms with Crippen LogP contribution in [0, 0.1) is 13.8 Å². The Bertz CT molecular complexity index is 462. The SMILES string of the molecule is CN=C(NCc1c(C)noc1C)NCC1(O)CCCC1.I. The number of aromatic nitrogens is 1. The minimum absolute atomic E-state index is 0. The number of nitrogens with one attached hydrogen (secondary N) is 2. The highest BCUT2D eigenvalue weighted by Gasteiger charge is 2.30. The maximum atomic E-state index is 10.3. The Morgan fingerprint density at radius 1 is 1.33 bits per heavy atom. The number of hydrogen-bond acceptors (Lipinski definition) is 4. The first kappa shape index (κ1) is 18.2. The average molecular weight is 408 g/mol. The van der Waals surface area contributed by atoms with Crippen LogP contribution in [-0.2, 0) is 6.54 Å². The van der Waals surface area contributed by atoms with E-state index in [4.69, 9.17) is 4.52 Å². The molecule has 7 heteroatoms. The van der Waals surface area contributed by atoms with Gasteiger partial charge in [0.1, 0.15) is 5.76 Å². The normalized spacial score (nSPS) is 17.4. The first-order valence-electron chi connectivity index (χ1n) is 7.13. The summed E-state index contributed by atoms with van der Waals surface area (Å²) in [4.78, 5) is 4.17. The molecule has 1 aliphatic rings. The van der Waals surface area contributed by atoms with Crippen molar-refractivity contribution in [2.75, 3.05) is 13.6 Å². The molecule has 0 spiro atoms. The molecular weight excluding hydrogens is 383 g/mol. The summed E-state index contributed by atoms with van der Waals surface area (Å²) in [6, 6.07) is 0. The van der Waals surface area contributed by atoms with Gasteiger partial charge in [0.15, 0.2) is 5.96 Å². The Kier molecular flexibility index (Phi) is 6.92. The Hall–Kier alpha value is -0.830. The standard InChI is InChI=1S/C14H24N4O2.HI/c1-10-12(11(2)20-18-10)8-16-13(15-3)17-9-14(19)6-4-5-7-14;/h19H,4-9H2,1-3H3,(H2,15,16,17);1H. The van der Waals surface area contributed by atoms with Crippen molar-refractivity contribution in [2.24, 2.45) is 4.99 Å². The molecule has 0 aromatic carbocycles. The summed E-state index contributed by atoms with van der Waals surface area (Å²) in [5, 5.41) is 20.6. The van der Waals surface area contributed by atoms with Crippen LogP contribution >= 0.6 is 24.0 Å². The van der Waals surface area contributed by atoms with Gasteiger partial charge < -0.3 is 20.3 Å². The van der Waals surface area contributed by atoms with Crippen LogP contribution in [0.2, 0.25) is 0 Å². The smallest absolute Gasteiger partial charge is 0.191 e. The van der Waals surface area contributed by atoms with Crippen LogP contribution in [0.4, 0.5) is 0 Å². The fourth-order valence-electron chi connectivity index (χ4n) is 2.61. The van der Waals surface area contributed by atoms with Crippen molar-refractivity contribution < 1.29 is 9.63 Å². The maximum absolute atomic E-state index is 10.3. The molecule has 1 aliphatic carbocycles. The molecule has 0 radical (unpaired) electrons. The molecule has 1 heterocycles. The van der Waals surface area contributed by atoms with Crippen molar-refractivity contribution in [3.63, 3.8) is 0 Å². The number of nitrogens with zero attached hydrogens (tertiary/aromatic N) is 2. The first-order chi connectivity index (χ1) is 9.54. The van der Waals surface area contributed by atoms with Crippen molar-refractivity contribution in [2.45, 2.75) is 51.7 Å². The lowest BCUT2D eigenvalue weighted by atomic mass is 10.0. The van der Waals surface area contributed by atoms with Crippen molar-refractivity contribution in [3.05, 3.63) is 17.0 Å². The second kappa shape index (κ2) is 7.98. The molecule has 21 heavy (non-hydrogen) atoms. The zero-order valence-corrected chi connectivity index (χ0v) is 15.2. The summed E-state index contributed by atoms with van der Waals surface area (Å²) in [6.07, 6.45) is 3.92. The third kappa shape index (κ3) is 4.84. The van der Waals surface area contributed by atoms with Crippen LogP contribution in [0.5, 0.6) is 0 Å². The molecule has 0 atom stereocenters. The fourth-order valence-corrected chi connectivity index (χ4v) is 2.61. The number of guanidine groups is 1. The van der Waals surface area contributed by atoms with Crippen LogP contribution in [0.25, 0.3) is 0 Å². The van der Waals surface area contributed by atoms with E-state index in [0.717, 1.165) is 42.7 Å². The summed E-state index contributed by atoms with van der Waals surface area (Å²) in [5.41, 5.74) is 1.35. The molecule has 1 aromatic rings. The van der Waals surface area contributed by atoms with Crippen molar-refractivity contribution in [3.8, 4) is 0 Å². The summed E-state index contributed by atoms with van der Waals surface area (Å²) < 4.78 is 5.13. The van der Waals surface area contributed by atoms with E-state index >= 15 is 0 Å². The topological polar surface area (TPSA) is 82.7 Å². The Morgan fingerprint density at radius 3 is 2.52 bits per heavy atom. The first-order valence-corrected chi connectivity index (χ1v) is 7.13. The predicted octanol–water partition coefficient (Wildman–Crippen LogP) is 1.88. The van der Waals surface area contributed by atoms with Gasteiger partial charge in [0.25, 0.3) is 0 Å². The number of halogens is 1. The van der Waals surface area contributed by atoms with Crippen LogP contribution in [0.1, 0.15) is 42.7 Å². The molecule has 0 unspecified atom stereocenters. The monoisotopic (exact) mass is 408 g/mol. The second-order valence-electron chi connectivity index (χ2n) is 5.51. The zero-order chi connectivity index (χ0) is 14.6. The van der Waals surface area contributed by atoms with E-state index in [2.05, 4.69) is 20.8 Å². The molecular formula is C14H25IN4O2. The van der Waals surface area contributed by atoms with Gasteiger partial charge in [-0.2, -0.15) is 0 Å². The molecule has 0 aliphatic heterocycles. The van der Waals surface area contributed by atoms with E-state index in [1.54, 1.807) is 7.05 Å². The number of aryl methyl sites for hydroxylation is 2. The molecule has 1 aromatic heterocycles. The lowest BCUT2D eigenvalue weighted by Crippen LogP contribution is -2.45. The van der Waals surface area contributed by atoms with Gasteiger partial charge in [-0.1, -0.05) is 18.0 Å². The van der Waals surface area contributed by atoms with Crippen LogP contribution in [0.15, 0.2) is 9.52 Å². The summed E-state index contributed by atoms with van der Waals surface area (Å²) in [7, 11) is 1.72. The molecule has 1 saturated carbocycles. The maximum Gasteiger partial charge on any atom is 0.191 e. The van der Waals surface area contributed by atoms with Gasteiger partial charge in [-0.25, -0.2) is 0 Å². The number of aliphatic hydroxyl groups is 1. The third-order valence-electron chi connectivity index (χ3n) is 3.96. The minimum Gasteiger partial charge on any atom is -0.388 e. The molecule has 1 fully saturated rings. The fraction of sp³-hybridized carbons (Fsp3) is 0.714. The Morgan fingerprint density at radius 2 is 2.00 bits per heavy atom. The van der Waals surface area contributed by atoms with E-state index in [9.17, 15) is 5.11 Å². The van der Waals surface area contributed by atoms with Crippen LogP contribution in [-0.4, -0.2) is 35.4 Å². The van der Waals surface area contributed by atoms with Gasteiger partial charge in [0.2, 0.25) is 0 Å². The summed E-state index contributed by atoms with van der Waals surface area (Å²) in [6.45, 7) is 4.97. The minimum atomic E-state index is -0.583. The van der Waals surface area contributed by atoms with Gasteiger partial charge >= 0.3 is 0 Å². The van der Waals surface area contributed by atoms with Gasteiger partial charge in [0.05, 0.1) is 11.3 Å². The molecule has 120 valence electrons. The molecule has 6 nitrogen and oxygen atoms in total. The third-order valence-corrected chi connectivity index (χ3v) is 3.96. The van der Waals surface area contributed by atoms with Gasteiger partial charge in [0, 0.05) is 25.7 Å². The second-order valence-corrected chi connectivity index (χ2v) is 5.51. The summed E-state index contributed by atoms with van der Waals surface area (Å²) in [5.74, 6) is 1.50. The predicted molar refractivity (Wildman–Crippen MR) is 93.0 cm³/mol. The van der Waals surface area contributed by atoms with E-state index < -0.39 is 5.60 Å². The molecule has 0 bridgehead atoms. The Balaban J connectivity index is 0.00000220. The van der Waals surface area contributed by atoms with Crippen molar-refractivity contribution >= 4 is 29.9 Å². The van der Waals surface area contributed by atoms with E-state index in [1.165, 1.54) is 0 Å². The molecule has 3 N–H and O–H groups in total. The van der Waals surface area contributed by atoms with Crippen molar-refractivity contribution in [1.29, 1.82) is 0 Å². The highest BCUT2D eigenvalue weighted by Crippen LogP contribution is 2.28. The highest BCUT2D eigenvalue weighted by molar-refractivity contribution is 14.0. The lowest BCUT2D eigenvalue weighted by Gasteiger charge is -2.23. The molecule has 2 rings (SSSR count). The highest BCUT2D eigenvalue weighted by atomic mass is 127. The average Bonchev–Trinajstić information content (AvgIpc) is 2.99. The van der Waals surface area contributed by atoms with E-state index in [-0.39, 0.29) is 24.0 Å². The van der Waals surface area contributed by atoms with Crippen molar-refractivity contribution in [1.82, 2.24) is 15.8 Å². The van der Waals surface area contributed by atoms with Gasteiger partial charge in [-0.3, -0.25) is 4.99 Å². The zero-order valence-electron chi connectivity index (χ0n) is 12.9. The number of aliphatic imine (C=N–C) groups is 1. The lowest BCUT2D eigenvalue weighted by molar-refractivity contribution is 0.0522.